The standard InChI is InChI=1S/C20H32N4O4S/c1-28-19-5-3-18(4-6-19)23-15-13-22(14-16-23)12-9-21-20(25)17-7-10-24(11-8-17)29(2,26)27/h3-6,17H,7-16H2,1-2H3,(H,21,25). The predicted molar refractivity (Wildman–Crippen MR) is 114 cm³/mol. The van der Waals surface area contributed by atoms with Crippen LogP contribution in [0.4, 0.5) is 5.69 Å². The number of amides is 1. The van der Waals surface area contributed by atoms with Crippen molar-refractivity contribution in [2.24, 2.45) is 5.92 Å². The Balaban J connectivity index is 1.34. The van der Waals surface area contributed by atoms with Crippen molar-refractivity contribution >= 4 is 21.6 Å². The van der Waals surface area contributed by atoms with E-state index in [2.05, 4.69) is 27.2 Å². The topological polar surface area (TPSA) is 82.2 Å². The molecular formula is C20H32N4O4S. The summed E-state index contributed by atoms with van der Waals surface area (Å²) in [5.41, 5.74) is 1.21. The van der Waals surface area contributed by atoms with Gasteiger partial charge in [-0.2, -0.15) is 0 Å². The second kappa shape index (κ2) is 9.77. The molecule has 0 aromatic heterocycles. The third kappa shape index (κ3) is 6.07. The second-order valence-corrected chi connectivity index (χ2v) is 9.74. The summed E-state index contributed by atoms with van der Waals surface area (Å²) in [4.78, 5) is 17.1. The number of nitrogens with one attached hydrogen (secondary N) is 1. The van der Waals surface area contributed by atoms with Gasteiger partial charge >= 0.3 is 0 Å². The van der Waals surface area contributed by atoms with Crippen molar-refractivity contribution < 1.29 is 17.9 Å². The van der Waals surface area contributed by atoms with Gasteiger partial charge in [0, 0.05) is 64.0 Å². The predicted octanol–water partition coefficient (Wildman–Crippen LogP) is 0.605. The number of benzene rings is 1. The Kier molecular flexibility index (Phi) is 7.37. The second-order valence-electron chi connectivity index (χ2n) is 7.75. The minimum absolute atomic E-state index is 0.0509. The van der Waals surface area contributed by atoms with Crippen molar-refractivity contribution in [2.75, 3.05) is 70.6 Å². The minimum Gasteiger partial charge on any atom is -0.497 e. The van der Waals surface area contributed by atoms with Gasteiger partial charge in [-0.15, -0.1) is 0 Å². The number of rotatable bonds is 7. The summed E-state index contributed by atoms with van der Waals surface area (Å²) in [6.07, 6.45) is 2.42. The molecule has 1 aromatic rings. The number of ether oxygens (including phenoxy) is 1. The zero-order chi connectivity index (χ0) is 20.9. The van der Waals surface area contributed by atoms with Crippen LogP contribution in [0.15, 0.2) is 24.3 Å². The Morgan fingerprint density at radius 2 is 1.69 bits per heavy atom. The summed E-state index contributed by atoms with van der Waals surface area (Å²) in [7, 11) is -1.48. The van der Waals surface area contributed by atoms with E-state index in [4.69, 9.17) is 4.74 Å². The first-order chi connectivity index (χ1) is 13.9. The lowest BCUT2D eigenvalue weighted by atomic mass is 9.97. The third-order valence-electron chi connectivity index (χ3n) is 5.83. The molecular weight excluding hydrogens is 392 g/mol. The highest BCUT2D eigenvalue weighted by Crippen LogP contribution is 2.21. The van der Waals surface area contributed by atoms with Crippen LogP contribution in [0.25, 0.3) is 0 Å². The number of sulfonamides is 1. The molecule has 0 atom stereocenters. The maximum atomic E-state index is 12.4. The highest BCUT2D eigenvalue weighted by Gasteiger charge is 2.28. The Labute approximate surface area is 173 Å². The van der Waals surface area contributed by atoms with E-state index in [9.17, 15) is 13.2 Å². The van der Waals surface area contributed by atoms with E-state index in [1.165, 1.54) is 16.2 Å². The molecule has 162 valence electrons. The highest BCUT2D eigenvalue weighted by molar-refractivity contribution is 7.88. The van der Waals surface area contributed by atoms with Crippen LogP contribution in [0.2, 0.25) is 0 Å². The van der Waals surface area contributed by atoms with Crippen LogP contribution < -0.4 is 15.0 Å². The molecule has 29 heavy (non-hydrogen) atoms. The van der Waals surface area contributed by atoms with E-state index in [0.29, 0.717) is 32.5 Å². The number of hydrogen-bond acceptors (Lipinski definition) is 6. The lowest BCUT2D eigenvalue weighted by Gasteiger charge is -2.36. The van der Waals surface area contributed by atoms with Crippen molar-refractivity contribution in [3.8, 4) is 5.75 Å². The van der Waals surface area contributed by atoms with Gasteiger partial charge in [0.15, 0.2) is 0 Å². The van der Waals surface area contributed by atoms with Gasteiger partial charge in [0.05, 0.1) is 13.4 Å². The Hall–Kier alpha value is -1.84. The lowest BCUT2D eigenvalue weighted by Crippen LogP contribution is -2.49. The molecule has 0 radical (unpaired) electrons. The molecule has 2 aliphatic heterocycles. The van der Waals surface area contributed by atoms with E-state index in [0.717, 1.165) is 38.5 Å². The van der Waals surface area contributed by atoms with Crippen LogP contribution in [-0.2, 0) is 14.8 Å². The number of carbonyl (C=O) groups excluding carboxylic acids is 1. The number of carbonyl (C=O) groups is 1. The maximum Gasteiger partial charge on any atom is 0.223 e. The zero-order valence-corrected chi connectivity index (χ0v) is 18.2. The number of hydrogen-bond donors (Lipinski definition) is 1. The molecule has 2 aliphatic rings. The number of piperazine rings is 1. The first kappa shape index (κ1) is 21.9. The lowest BCUT2D eigenvalue weighted by molar-refractivity contribution is -0.126. The molecule has 0 spiro atoms. The highest BCUT2D eigenvalue weighted by atomic mass is 32.2. The first-order valence-corrected chi connectivity index (χ1v) is 12.1. The van der Waals surface area contributed by atoms with Crippen molar-refractivity contribution in [3.05, 3.63) is 24.3 Å². The van der Waals surface area contributed by atoms with Crippen LogP contribution in [-0.4, -0.2) is 89.3 Å². The Bertz CT molecular complexity index is 768. The average molecular weight is 425 g/mol. The van der Waals surface area contributed by atoms with Gasteiger partial charge < -0.3 is 15.0 Å². The summed E-state index contributed by atoms with van der Waals surface area (Å²) >= 11 is 0. The van der Waals surface area contributed by atoms with Crippen molar-refractivity contribution in [1.82, 2.24) is 14.5 Å². The summed E-state index contributed by atoms with van der Waals surface area (Å²) in [5, 5.41) is 3.03. The van der Waals surface area contributed by atoms with E-state index in [1.807, 2.05) is 12.1 Å². The molecule has 0 unspecified atom stereocenters. The molecule has 2 fully saturated rings. The minimum atomic E-state index is -3.15. The average Bonchev–Trinajstić information content (AvgIpc) is 2.74. The molecule has 2 heterocycles. The Morgan fingerprint density at radius 3 is 2.24 bits per heavy atom. The molecule has 0 bridgehead atoms. The molecule has 1 N–H and O–H groups in total. The fraction of sp³-hybridized carbons (Fsp3) is 0.650. The van der Waals surface area contributed by atoms with Gasteiger partial charge in [-0.3, -0.25) is 9.69 Å². The molecule has 3 rings (SSSR count). The molecule has 9 heteroatoms. The van der Waals surface area contributed by atoms with E-state index in [-0.39, 0.29) is 11.8 Å². The van der Waals surface area contributed by atoms with Crippen LogP contribution in [0.1, 0.15) is 12.8 Å². The maximum absolute atomic E-state index is 12.4. The van der Waals surface area contributed by atoms with Gasteiger partial charge in [-0.25, -0.2) is 12.7 Å². The van der Waals surface area contributed by atoms with Crippen LogP contribution >= 0.6 is 0 Å². The molecule has 1 aromatic carbocycles. The van der Waals surface area contributed by atoms with E-state index < -0.39 is 10.0 Å². The zero-order valence-electron chi connectivity index (χ0n) is 17.3. The number of methoxy groups -OCH3 is 1. The normalized spacial score (nSPS) is 19.9. The van der Waals surface area contributed by atoms with Crippen molar-refractivity contribution in [3.63, 3.8) is 0 Å². The fourth-order valence-electron chi connectivity index (χ4n) is 3.95. The summed E-state index contributed by atoms with van der Waals surface area (Å²) in [5.74, 6) is 0.833. The van der Waals surface area contributed by atoms with E-state index >= 15 is 0 Å². The SMILES string of the molecule is COc1ccc(N2CCN(CCNC(=O)C3CCN(S(C)(=O)=O)CC3)CC2)cc1. The molecule has 0 saturated carbocycles. The number of piperidine rings is 1. The number of nitrogens with zero attached hydrogens (tertiary/aromatic N) is 3. The largest absolute Gasteiger partial charge is 0.497 e. The summed E-state index contributed by atoms with van der Waals surface area (Å²) in [6, 6.07) is 8.14. The molecule has 8 nitrogen and oxygen atoms in total. The summed E-state index contributed by atoms with van der Waals surface area (Å²) < 4.78 is 29.8. The van der Waals surface area contributed by atoms with E-state index in [1.54, 1.807) is 7.11 Å². The van der Waals surface area contributed by atoms with Crippen molar-refractivity contribution in [2.45, 2.75) is 12.8 Å². The molecule has 0 aliphatic carbocycles. The van der Waals surface area contributed by atoms with Crippen LogP contribution in [0.3, 0.4) is 0 Å². The van der Waals surface area contributed by atoms with Crippen molar-refractivity contribution in [1.29, 1.82) is 0 Å². The van der Waals surface area contributed by atoms with Gasteiger partial charge in [0.2, 0.25) is 15.9 Å². The molecule has 2 saturated heterocycles. The monoisotopic (exact) mass is 424 g/mol. The third-order valence-corrected chi connectivity index (χ3v) is 7.13. The number of anilines is 1. The van der Waals surface area contributed by atoms with Crippen LogP contribution in [0, 0.1) is 5.92 Å². The smallest absolute Gasteiger partial charge is 0.223 e. The fourth-order valence-corrected chi connectivity index (χ4v) is 4.83. The summed E-state index contributed by atoms with van der Waals surface area (Å²) in [6.45, 7) is 6.20. The van der Waals surface area contributed by atoms with Gasteiger partial charge in [-0.1, -0.05) is 0 Å². The van der Waals surface area contributed by atoms with Gasteiger partial charge in [0.25, 0.3) is 0 Å². The molecule has 1 amide bonds. The van der Waals surface area contributed by atoms with Gasteiger partial charge in [-0.05, 0) is 37.1 Å². The Morgan fingerprint density at radius 1 is 1.07 bits per heavy atom. The van der Waals surface area contributed by atoms with Gasteiger partial charge in [0.1, 0.15) is 5.75 Å². The first-order valence-electron chi connectivity index (χ1n) is 10.2. The quantitative estimate of drug-likeness (QED) is 0.691. The van der Waals surface area contributed by atoms with Crippen LogP contribution in [0.5, 0.6) is 5.75 Å².